The third-order valence-electron chi connectivity index (χ3n) is 2.91. The van der Waals surface area contributed by atoms with E-state index in [1.54, 1.807) is 20.8 Å². The Morgan fingerprint density at radius 3 is 2.48 bits per heavy atom. The zero-order valence-electron chi connectivity index (χ0n) is 12.8. The van der Waals surface area contributed by atoms with Crippen molar-refractivity contribution in [3.05, 3.63) is 35.9 Å². The zero-order chi connectivity index (χ0) is 15.9. The molecule has 0 unspecified atom stereocenters. The largest absolute Gasteiger partial charge is 0.444 e. The number of alkyl carbamates (subject to hydrolysis) is 1. The molecule has 0 radical (unpaired) electrons. The number of hydrogen-bond donors (Lipinski definition) is 2. The fourth-order valence-electron chi connectivity index (χ4n) is 1.89. The third-order valence-corrected chi connectivity index (χ3v) is 3.23. The topological polar surface area (TPSA) is 58.6 Å². The van der Waals surface area contributed by atoms with Crippen molar-refractivity contribution >= 4 is 17.7 Å². The number of carbonyl (C=O) groups is 1. The first-order valence-electron chi connectivity index (χ1n) is 7.09. The summed E-state index contributed by atoms with van der Waals surface area (Å²) in [5.74, 6) is 0.0647. The number of aliphatic hydroxyl groups excluding tert-OH is 1. The number of amides is 1. The van der Waals surface area contributed by atoms with Gasteiger partial charge in [-0.05, 0) is 39.2 Å². The molecule has 0 spiro atoms. The molecule has 0 saturated carbocycles. The first kappa shape index (κ1) is 17.8. The molecule has 1 aromatic rings. The van der Waals surface area contributed by atoms with Crippen LogP contribution in [0.1, 0.15) is 32.8 Å². The van der Waals surface area contributed by atoms with Crippen molar-refractivity contribution in [3.63, 3.8) is 0 Å². The van der Waals surface area contributed by atoms with Gasteiger partial charge < -0.3 is 15.2 Å². The van der Waals surface area contributed by atoms with Gasteiger partial charge in [0.2, 0.25) is 0 Å². The number of alkyl halides is 1. The van der Waals surface area contributed by atoms with Crippen molar-refractivity contribution in [3.8, 4) is 0 Å². The Morgan fingerprint density at radius 2 is 1.95 bits per heavy atom. The maximum Gasteiger partial charge on any atom is 0.407 e. The fraction of sp³-hybridized carbons (Fsp3) is 0.562. The molecule has 4 nitrogen and oxygen atoms in total. The van der Waals surface area contributed by atoms with Crippen molar-refractivity contribution in [2.75, 3.05) is 5.88 Å². The molecule has 0 fully saturated rings. The highest BCUT2D eigenvalue weighted by atomic mass is 35.5. The van der Waals surface area contributed by atoms with Gasteiger partial charge in [-0.2, -0.15) is 0 Å². The number of hydrogen-bond acceptors (Lipinski definition) is 3. The number of ether oxygens (including phenoxy) is 1. The van der Waals surface area contributed by atoms with Gasteiger partial charge in [-0.25, -0.2) is 4.79 Å². The molecule has 0 aliphatic carbocycles. The second-order valence-electron chi connectivity index (χ2n) is 6.00. The van der Waals surface area contributed by atoms with E-state index < -0.39 is 23.8 Å². The van der Waals surface area contributed by atoms with E-state index in [2.05, 4.69) is 5.32 Å². The van der Waals surface area contributed by atoms with Crippen LogP contribution in [0.25, 0.3) is 0 Å². The number of carbonyl (C=O) groups excluding carboxylic acids is 1. The van der Waals surface area contributed by atoms with E-state index in [-0.39, 0.29) is 5.88 Å². The number of rotatable bonds is 6. The molecule has 0 heterocycles. The van der Waals surface area contributed by atoms with E-state index in [1.807, 2.05) is 30.3 Å². The minimum atomic E-state index is -0.803. The van der Waals surface area contributed by atoms with Crippen LogP contribution >= 0.6 is 11.6 Å². The minimum Gasteiger partial charge on any atom is -0.444 e. The van der Waals surface area contributed by atoms with Gasteiger partial charge in [-0.3, -0.25) is 0 Å². The maximum absolute atomic E-state index is 11.8. The summed E-state index contributed by atoms with van der Waals surface area (Å²) in [5, 5.41) is 12.6. The molecule has 118 valence electrons. The van der Waals surface area contributed by atoms with E-state index in [0.29, 0.717) is 6.42 Å². The second kappa shape index (κ2) is 8.25. The number of aryl methyl sites for hydroxylation is 1. The summed E-state index contributed by atoms with van der Waals surface area (Å²) in [6.45, 7) is 5.39. The van der Waals surface area contributed by atoms with Gasteiger partial charge in [0, 0.05) is 0 Å². The van der Waals surface area contributed by atoms with Gasteiger partial charge >= 0.3 is 6.09 Å². The van der Waals surface area contributed by atoms with Crippen LogP contribution in [0, 0.1) is 0 Å². The van der Waals surface area contributed by atoms with Crippen LogP contribution < -0.4 is 5.32 Å². The Kier molecular flexibility index (Phi) is 6.99. The minimum absolute atomic E-state index is 0.0647. The molecular weight excluding hydrogens is 290 g/mol. The van der Waals surface area contributed by atoms with E-state index in [1.165, 1.54) is 0 Å². The summed E-state index contributed by atoms with van der Waals surface area (Å²) in [6.07, 6.45) is -0.000483. The Morgan fingerprint density at radius 1 is 1.33 bits per heavy atom. The molecule has 2 atom stereocenters. The van der Waals surface area contributed by atoms with Crippen molar-refractivity contribution in [1.29, 1.82) is 0 Å². The number of aliphatic hydroxyl groups is 1. The van der Waals surface area contributed by atoms with Crippen LogP contribution in [0.3, 0.4) is 0 Å². The quantitative estimate of drug-likeness (QED) is 0.793. The van der Waals surface area contributed by atoms with Gasteiger partial charge in [0.25, 0.3) is 0 Å². The lowest BCUT2D eigenvalue weighted by molar-refractivity contribution is 0.0434. The molecule has 1 rings (SSSR count). The molecule has 21 heavy (non-hydrogen) atoms. The smallest absolute Gasteiger partial charge is 0.407 e. The number of benzene rings is 1. The molecule has 0 aliphatic heterocycles. The van der Waals surface area contributed by atoms with Gasteiger partial charge in [0.1, 0.15) is 5.60 Å². The van der Waals surface area contributed by atoms with Gasteiger partial charge in [-0.15, -0.1) is 11.6 Å². The zero-order valence-corrected chi connectivity index (χ0v) is 13.6. The van der Waals surface area contributed by atoms with Gasteiger partial charge in [0.15, 0.2) is 0 Å². The molecule has 0 saturated heterocycles. The predicted octanol–water partition coefficient (Wildman–Crippen LogP) is 3.11. The Balaban J connectivity index is 2.58. The first-order valence-corrected chi connectivity index (χ1v) is 7.63. The summed E-state index contributed by atoms with van der Waals surface area (Å²) in [4.78, 5) is 11.8. The Bertz CT molecular complexity index is 431. The molecule has 0 bridgehead atoms. The summed E-state index contributed by atoms with van der Waals surface area (Å²) in [6, 6.07) is 9.47. The highest BCUT2D eigenvalue weighted by molar-refractivity contribution is 6.18. The van der Waals surface area contributed by atoms with Crippen molar-refractivity contribution in [2.45, 2.75) is 51.4 Å². The van der Waals surface area contributed by atoms with Crippen molar-refractivity contribution in [1.82, 2.24) is 5.32 Å². The number of nitrogens with one attached hydrogen (secondary N) is 1. The average molecular weight is 314 g/mol. The fourth-order valence-corrected chi connectivity index (χ4v) is 2.11. The maximum atomic E-state index is 11.8. The normalized spacial score (nSPS) is 14.3. The Hall–Kier alpha value is -1.26. The monoisotopic (exact) mass is 313 g/mol. The molecular formula is C16H24ClNO3. The molecule has 2 N–H and O–H groups in total. The standard InChI is InChI=1S/C16H24ClNO3/c1-16(2,3)21-15(20)18-13(14(19)11-17)10-9-12-7-5-4-6-8-12/h4-8,13-14,19H,9-11H2,1-3H3,(H,18,20)/t13-,14+/m0/s1. The first-order chi connectivity index (χ1) is 9.81. The average Bonchev–Trinajstić information content (AvgIpc) is 2.41. The molecule has 0 aromatic heterocycles. The summed E-state index contributed by atoms with van der Waals surface area (Å²) in [5.41, 5.74) is 0.579. The van der Waals surface area contributed by atoms with Crippen LogP contribution in [-0.2, 0) is 11.2 Å². The Labute approximate surface area is 131 Å². The second-order valence-corrected chi connectivity index (χ2v) is 6.31. The van der Waals surface area contributed by atoms with E-state index in [9.17, 15) is 9.90 Å². The lowest BCUT2D eigenvalue weighted by atomic mass is 10.0. The molecule has 1 aromatic carbocycles. The van der Waals surface area contributed by atoms with E-state index in [0.717, 1.165) is 12.0 Å². The van der Waals surface area contributed by atoms with E-state index >= 15 is 0 Å². The highest BCUT2D eigenvalue weighted by Gasteiger charge is 2.23. The van der Waals surface area contributed by atoms with E-state index in [4.69, 9.17) is 16.3 Å². The van der Waals surface area contributed by atoms with Crippen LogP contribution in [0.15, 0.2) is 30.3 Å². The summed E-state index contributed by atoms with van der Waals surface area (Å²) < 4.78 is 5.21. The van der Waals surface area contributed by atoms with Crippen LogP contribution in [0.4, 0.5) is 4.79 Å². The highest BCUT2D eigenvalue weighted by Crippen LogP contribution is 2.11. The lowest BCUT2D eigenvalue weighted by Crippen LogP contribution is -2.46. The molecule has 0 aliphatic rings. The third kappa shape index (κ3) is 7.34. The summed E-state index contributed by atoms with van der Waals surface area (Å²) >= 11 is 5.70. The predicted molar refractivity (Wildman–Crippen MR) is 84.6 cm³/mol. The lowest BCUT2D eigenvalue weighted by Gasteiger charge is -2.26. The summed E-state index contributed by atoms with van der Waals surface area (Å²) in [7, 11) is 0. The van der Waals surface area contributed by atoms with Crippen LogP contribution in [0.5, 0.6) is 0 Å². The van der Waals surface area contributed by atoms with Gasteiger partial charge in [0.05, 0.1) is 18.0 Å². The molecule has 1 amide bonds. The van der Waals surface area contributed by atoms with Gasteiger partial charge in [-0.1, -0.05) is 30.3 Å². The number of halogens is 1. The molecule has 5 heteroatoms. The SMILES string of the molecule is CC(C)(C)OC(=O)N[C@@H](CCc1ccccc1)[C@H](O)CCl. The van der Waals surface area contributed by atoms with Crippen molar-refractivity contribution in [2.24, 2.45) is 0 Å². The van der Waals surface area contributed by atoms with Crippen LogP contribution in [-0.4, -0.2) is 34.8 Å². The van der Waals surface area contributed by atoms with Crippen molar-refractivity contribution < 1.29 is 14.6 Å². The van der Waals surface area contributed by atoms with Crippen LogP contribution in [0.2, 0.25) is 0 Å².